The first-order valence-corrected chi connectivity index (χ1v) is 17.8. The van der Waals surface area contributed by atoms with Crippen LogP contribution in [-0.4, -0.2) is 37.1 Å². The molecule has 2 aliphatic carbocycles. The third-order valence-electron chi connectivity index (χ3n) is 7.26. The topological polar surface area (TPSA) is 72.9 Å². The number of esters is 2. The van der Waals surface area contributed by atoms with E-state index >= 15 is 0 Å². The summed E-state index contributed by atoms with van der Waals surface area (Å²) in [4.78, 5) is 44.5. The van der Waals surface area contributed by atoms with E-state index in [9.17, 15) is 14.4 Å². The highest BCUT2D eigenvalue weighted by Crippen LogP contribution is 2.63. The van der Waals surface area contributed by atoms with Crippen LogP contribution in [0.5, 0.6) is 0 Å². The van der Waals surface area contributed by atoms with Crippen LogP contribution in [0.15, 0.2) is 83.1 Å². The third kappa shape index (κ3) is 6.56. The number of carbonyl (C=O) groups excluding carboxylic acids is 3. The maximum atomic E-state index is 14.8. The molecule has 1 amide bonds. The number of para-hydroxylation sites is 2. The molecule has 2 aromatic rings. The van der Waals surface area contributed by atoms with Crippen LogP contribution in [0.4, 0.5) is 11.4 Å². The quantitative estimate of drug-likeness (QED) is 0.264. The van der Waals surface area contributed by atoms with Crippen molar-refractivity contribution >= 4 is 37.3 Å². The highest BCUT2D eigenvalue weighted by molar-refractivity contribution is 6.84. The van der Waals surface area contributed by atoms with Gasteiger partial charge in [0, 0.05) is 16.8 Å². The number of rotatable bonds is 6. The smallest absolute Gasteiger partial charge is 0.339 e. The van der Waals surface area contributed by atoms with Gasteiger partial charge in [0.25, 0.3) is 0 Å². The molecule has 1 spiro atoms. The van der Waals surface area contributed by atoms with E-state index in [1.54, 1.807) is 4.90 Å². The SMILES string of the molecule is CC(C)(C)OC(=O)C1=C(C(=O)OC(C)(C)C)C2(CC2)[C@H](C(=O)N(c2ccccc2)c2ccccc2)C=C1[Si](C)(C)C. The second kappa shape index (κ2) is 10.7. The fourth-order valence-electron chi connectivity index (χ4n) is 5.45. The fourth-order valence-corrected chi connectivity index (χ4v) is 7.09. The van der Waals surface area contributed by atoms with E-state index in [2.05, 4.69) is 19.6 Å². The Morgan fingerprint density at radius 1 is 0.756 bits per heavy atom. The van der Waals surface area contributed by atoms with Gasteiger partial charge in [-0.05, 0) is 83.8 Å². The maximum absolute atomic E-state index is 14.8. The van der Waals surface area contributed by atoms with Crippen molar-refractivity contribution in [1.82, 2.24) is 0 Å². The van der Waals surface area contributed by atoms with Crippen molar-refractivity contribution in [1.29, 1.82) is 0 Å². The number of ether oxygens (including phenoxy) is 2. The predicted molar refractivity (Wildman–Crippen MR) is 165 cm³/mol. The van der Waals surface area contributed by atoms with Gasteiger partial charge in [0.1, 0.15) is 11.2 Å². The van der Waals surface area contributed by atoms with Crippen molar-refractivity contribution in [2.75, 3.05) is 4.90 Å². The molecule has 1 fully saturated rings. The number of nitrogens with zero attached hydrogens (tertiary/aromatic N) is 1. The van der Waals surface area contributed by atoms with Crippen LogP contribution in [0.2, 0.25) is 19.6 Å². The number of anilines is 2. The minimum atomic E-state index is -2.30. The molecule has 218 valence electrons. The lowest BCUT2D eigenvalue weighted by atomic mass is 9.74. The van der Waals surface area contributed by atoms with E-state index in [-0.39, 0.29) is 5.91 Å². The van der Waals surface area contributed by atoms with Crippen LogP contribution in [0.25, 0.3) is 0 Å². The Balaban J connectivity index is 1.95. The van der Waals surface area contributed by atoms with Gasteiger partial charge in [0.15, 0.2) is 0 Å². The Hall–Kier alpha value is -3.45. The van der Waals surface area contributed by atoms with Gasteiger partial charge >= 0.3 is 11.9 Å². The Labute approximate surface area is 245 Å². The monoisotopic (exact) mass is 573 g/mol. The summed E-state index contributed by atoms with van der Waals surface area (Å²) >= 11 is 0. The largest absolute Gasteiger partial charge is 0.457 e. The lowest BCUT2D eigenvalue weighted by molar-refractivity contribution is -0.154. The summed E-state index contributed by atoms with van der Waals surface area (Å²) in [6.07, 6.45) is 3.17. The van der Waals surface area contributed by atoms with Crippen LogP contribution >= 0.6 is 0 Å². The standard InChI is InChI=1S/C34H43NO5Si/c1-32(2,3)39-30(37)27-26(41(7,8)9)22-25(34(20-21-34)28(27)31(38)40-33(4,5)6)29(36)35(23-16-12-10-13-17-23)24-18-14-11-15-19-24/h10-19,22,25H,20-21H2,1-9H3/t25-/m0/s1. The van der Waals surface area contributed by atoms with Crippen molar-refractivity contribution in [3.8, 4) is 0 Å². The van der Waals surface area contributed by atoms with Gasteiger partial charge < -0.3 is 9.47 Å². The summed E-state index contributed by atoms with van der Waals surface area (Å²) in [5.41, 5.74) is -0.321. The van der Waals surface area contributed by atoms with Crippen LogP contribution in [0.3, 0.4) is 0 Å². The number of hydrogen-bond acceptors (Lipinski definition) is 5. The van der Waals surface area contributed by atoms with Crippen LogP contribution in [0.1, 0.15) is 54.4 Å². The highest BCUT2D eigenvalue weighted by atomic mass is 28.3. The van der Waals surface area contributed by atoms with Gasteiger partial charge in [0.05, 0.1) is 25.1 Å². The molecule has 41 heavy (non-hydrogen) atoms. The zero-order valence-electron chi connectivity index (χ0n) is 25.8. The van der Waals surface area contributed by atoms with E-state index in [1.807, 2.05) is 108 Å². The highest BCUT2D eigenvalue weighted by Gasteiger charge is 2.62. The van der Waals surface area contributed by atoms with E-state index in [0.29, 0.717) is 24.0 Å². The summed E-state index contributed by atoms with van der Waals surface area (Å²) in [6, 6.07) is 19.1. The van der Waals surface area contributed by atoms with E-state index in [1.165, 1.54) is 0 Å². The minimum absolute atomic E-state index is 0.139. The van der Waals surface area contributed by atoms with E-state index in [0.717, 1.165) is 16.6 Å². The number of carbonyl (C=O) groups is 3. The van der Waals surface area contributed by atoms with Crippen molar-refractivity contribution in [3.05, 3.63) is 83.1 Å². The minimum Gasteiger partial charge on any atom is -0.457 e. The predicted octanol–water partition coefficient (Wildman–Crippen LogP) is 7.55. The van der Waals surface area contributed by atoms with Crippen LogP contribution in [-0.2, 0) is 23.9 Å². The fraction of sp³-hybridized carbons (Fsp3) is 0.441. The summed E-state index contributed by atoms with van der Waals surface area (Å²) < 4.78 is 11.8. The normalized spacial score (nSPS) is 18.5. The first-order valence-electron chi connectivity index (χ1n) is 14.3. The molecular weight excluding hydrogens is 530 g/mol. The lowest BCUT2D eigenvalue weighted by Crippen LogP contribution is -2.45. The number of amides is 1. The molecule has 0 bridgehead atoms. The molecule has 0 radical (unpaired) electrons. The zero-order chi connectivity index (χ0) is 30.4. The average Bonchev–Trinajstić information content (AvgIpc) is 3.62. The van der Waals surface area contributed by atoms with Crippen molar-refractivity contribution < 1.29 is 23.9 Å². The first kappa shape index (κ1) is 30.5. The molecule has 0 unspecified atom stereocenters. The summed E-state index contributed by atoms with van der Waals surface area (Å²) in [5, 5.41) is 0.754. The van der Waals surface area contributed by atoms with Gasteiger partial charge in [-0.25, -0.2) is 9.59 Å². The van der Waals surface area contributed by atoms with Gasteiger partial charge in [-0.15, -0.1) is 0 Å². The molecule has 2 aromatic carbocycles. The Bertz CT molecular complexity index is 1350. The first-order chi connectivity index (χ1) is 18.9. The molecule has 1 atom stereocenters. The second-order valence-corrected chi connectivity index (χ2v) is 19.1. The van der Waals surface area contributed by atoms with E-state index < -0.39 is 42.5 Å². The molecule has 0 saturated heterocycles. The molecule has 0 aliphatic heterocycles. The lowest BCUT2D eigenvalue weighted by Gasteiger charge is -2.39. The number of hydrogen-bond donors (Lipinski definition) is 0. The second-order valence-electron chi connectivity index (χ2n) is 14.1. The number of benzene rings is 2. The van der Waals surface area contributed by atoms with Crippen molar-refractivity contribution in [2.45, 2.75) is 85.2 Å². The Kier molecular flexibility index (Phi) is 8.00. The zero-order valence-corrected chi connectivity index (χ0v) is 26.8. The van der Waals surface area contributed by atoms with Gasteiger partial charge in [-0.3, -0.25) is 9.69 Å². The third-order valence-corrected chi connectivity index (χ3v) is 9.30. The molecule has 2 aliphatic rings. The van der Waals surface area contributed by atoms with E-state index in [4.69, 9.17) is 9.47 Å². The summed E-state index contributed by atoms with van der Waals surface area (Å²) in [5.74, 6) is -1.88. The molecule has 7 heteroatoms. The summed E-state index contributed by atoms with van der Waals surface area (Å²) in [6.45, 7) is 17.2. The van der Waals surface area contributed by atoms with Gasteiger partial charge in [-0.1, -0.05) is 62.1 Å². The average molecular weight is 574 g/mol. The Morgan fingerprint density at radius 2 is 1.20 bits per heavy atom. The molecule has 0 N–H and O–H groups in total. The van der Waals surface area contributed by atoms with Crippen molar-refractivity contribution in [2.24, 2.45) is 11.3 Å². The summed E-state index contributed by atoms with van der Waals surface area (Å²) in [7, 11) is -2.30. The van der Waals surface area contributed by atoms with Gasteiger partial charge in [-0.2, -0.15) is 0 Å². The van der Waals surface area contributed by atoms with Crippen LogP contribution < -0.4 is 4.90 Å². The molecule has 0 aromatic heterocycles. The molecule has 6 nitrogen and oxygen atoms in total. The van der Waals surface area contributed by atoms with Crippen molar-refractivity contribution in [3.63, 3.8) is 0 Å². The maximum Gasteiger partial charge on any atom is 0.339 e. The van der Waals surface area contributed by atoms with Crippen LogP contribution in [0, 0.1) is 11.3 Å². The Morgan fingerprint density at radius 3 is 1.59 bits per heavy atom. The molecular formula is C34H43NO5Si. The molecule has 0 heterocycles. The van der Waals surface area contributed by atoms with Gasteiger partial charge in [0.2, 0.25) is 5.91 Å². The molecule has 4 rings (SSSR count). The molecule has 1 saturated carbocycles.